The highest BCUT2D eigenvalue weighted by atomic mass is 35.5. The number of benzene rings is 1. The molecule has 0 spiro atoms. The molecule has 0 amide bonds. The molecule has 1 heterocycles. The molecule has 2 aromatic rings. The van der Waals surface area contributed by atoms with Crippen LogP contribution in [0.1, 0.15) is 27.2 Å². The largest absolute Gasteiger partial charge is 0.460 e. The number of ether oxygens (including phenoxy) is 1. The van der Waals surface area contributed by atoms with E-state index >= 15 is 0 Å². The van der Waals surface area contributed by atoms with Crippen molar-refractivity contribution in [3.63, 3.8) is 0 Å². The van der Waals surface area contributed by atoms with Crippen molar-refractivity contribution in [3.05, 3.63) is 29.3 Å². The Morgan fingerprint density at radius 1 is 1.27 bits per heavy atom. The summed E-state index contributed by atoms with van der Waals surface area (Å²) in [6.45, 7) is 5.24. The molecule has 0 atom stereocenters. The van der Waals surface area contributed by atoms with Crippen LogP contribution in [-0.4, -0.2) is 25.7 Å². The summed E-state index contributed by atoms with van der Waals surface area (Å²) in [5.41, 5.74) is -0.616. The molecule has 0 aliphatic heterocycles. The minimum absolute atomic E-state index is 0.158. The van der Waals surface area contributed by atoms with E-state index in [2.05, 4.69) is 0 Å². The van der Waals surface area contributed by atoms with Gasteiger partial charge in [0.15, 0.2) is 9.84 Å². The number of fused-ring (bicyclic) bond motifs is 1. The Morgan fingerprint density at radius 2 is 1.95 bits per heavy atom. The molecule has 0 bridgehead atoms. The van der Waals surface area contributed by atoms with E-state index in [1.54, 1.807) is 45.0 Å². The standard InChI is InChI=1S/C15H17ClO4S2/c1-15(2,3)20-13(17)6-7-22(18,19)14-8-10-4-5-11(16)9-12(10)21-14/h4-5,8-9H,6-7H2,1-3H3. The molecule has 0 aliphatic carbocycles. The number of carbonyl (C=O) groups is 1. The summed E-state index contributed by atoms with van der Waals surface area (Å²) in [6.07, 6.45) is -0.158. The minimum Gasteiger partial charge on any atom is -0.460 e. The molecule has 0 aliphatic rings. The van der Waals surface area contributed by atoms with E-state index in [0.717, 1.165) is 21.4 Å². The second-order valence-corrected chi connectivity index (χ2v) is 9.76. The Balaban J connectivity index is 2.13. The van der Waals surface area contributed by atoms with Crippen LogP contribution in [0.5, 0.6) is 0 Å². The first-order chi connectivity index (χ1) is 10.1. The van der Waals surface area contributed by atoms with Crippen molar-refractivity contribution in [2.24, 2.45) is 0 Å². The van der Waals surface area contributed by atoms with E-state index in [0.29, 0.717) is 5.02 Å². The number of esters is 1. The SMILES string of the molecule is CC(C)(C)OC(=O)CCS(=O)(=O)c1cc2ccc(Cl)cc2s1. The van der Waals surface area contributed by atoms with Crippen LogP contribution in [0.15, 0.2) is 28.5 Å². The van der Waals surface area contributed by atoms with E-state index in [1.165, 1.54) is 0 Å². The van der Waals surface area contributed by atoms with Gasteiger partial charge in [0, 0.05) is 9.72 Å². The number of carbonyl (C=O) groups excluding carboxylic acids is 1. The fraction of sp³-hybridized carbons (Fsp3) is 0.400. The van der Waals surface area contributed by atoms with E-state index in [1.807, 2.05) is 0 Å². The number of hydrogen-bond donors (Lipinski definition) is 0. The van der Waals surface area contributed by atoms with Gasteiger partial charge in [0.2, 0.25) is 0 Å². The molecule has 4 nitrogen and oxygen atoms in total. The van der Waals surface area contributed by atoms with Crippen molar-refractivity contribution in [1.82, 2.24) is 0 Å². The van der Waals surface area contributed by atoms with Crippen LogP contribution in [-0.2, 0) is 19.4 Å². The second-order valence-electron chi connectivity index (χ2n) is 5.90. The molecular formula is C15H17ClO4S2. The van der Waals surface area contributed by atoms with Gasteiger partial charge < -0.3 is 4.74 Å². The number of rotatable bonds is 4. The molecule has 120 valence electrons. The molecule has 1 aromatic carbocycles. The lowest BCUT2D eigenvalue weighted by Crippen LogP contribution is -2.25. The smallest absolute Gasteiger partial charge is 0.307 e. The zero-order chi connectivity index (χ0) is 16.5. The van der Waals surface area contributed by atoms with Crippen molar-refractivity contribution in [2.75, 3.05) is 5.75 Å². The van der Waals surface area contributed by atoms with Gasteiger partial charge in [-0.3, -0.25) is 4.79 Å². The van der Waals surface area contributed by atoms with Gasteiger partial charge in [-0.1, -0.05) is 17.7 Å². The van der Waals surface area contributed by atoms with Gasteiger partial charge in [-0.05, 0) is 44.4 Å². The summed E-state index contributed by atoms with van der Waals surface area (Å²) < 4.78 is 30.8. The third kappa shape index (κ3) is 4.44. The highest BCUT2D eigenvalue weighted by Crippen LogP contribution is 2.31. The summed E-state index contributed by atoms with van der Waals surface area (Å²) in [6, 6.07) is 6.84. The lowest BCUT2D eigenvalue weighted by atomic mass is 10.2. The number of hydrogen-bond acceptors (Lipinski definition) is 5. The molecule has 0 saturated heterocycles. The molecule has 0 unspecified atom stereocenters. The van der Waals surface area contributed by atoms with E-state index in [4.69, 9.17) is 16.3 Å². The quantitative estimate of drug-likeness (QED) is 0.771. The normalized spacial score (nSPS) is 12.5. The number of sulfone groups is 1. The molecule has 0 saturated carbocycles. The van der Waals surface area contributed by atoms with Gasteiger partial charge >= 0.3 is 5.97 Å². The maximum Gasteiger partial charge on any atom is 0.307 e. The van der Waals surface area contributed by atoms with E-state index in [9.17, 15) is 13.2 Å². The van der Waals surface area contributed by atoms with Gasteiger partial charge in [0.1, 0.15) is 9.81 Å². The van der Waals surface area contributed by atoms with Crippen molar-refractivity contribution in [3.8, 4) is 0 Å². The molecule has 0 fully saturated rings. The number of thiophene rings is 1. The van der Waals surface area contributed by atoms with E-state index in [-0.39, 0.29) is 16.4 Å². The summed E-state index contributed by atoms with van der Waals surface area (Å²) in [4.78, 5) is 11.7. The van der Waals surface area contributed by atoms with Gasteiger partial charge in [-0.15, -0.1) is 11.3 Å². The Kier molecular flexibility index (Phi) is 4.84. The third-order valence-electron chi connectivity index (χ3n) is 2.76. The predicted octanol–water partition coefficient (Wildman–Crippen LogP) is 4.06. The van der Waals surface area contributed by atoms with Crippen LogP contribution in [0.25, 0.3) is 10.1 Å². The first-order valence-corrected chi connectivity index (χ1v) is 9.55. The molecule has 1 aromatic heterocycles. The van der Waals surface area contributed by atoms with Gasteiger partial charge in [0.05, 0.1) is 12.2 Å². The zero-order valence-corrected chi connectivity index (χ0v) is 14.9. The number of halogens is 1. The Bertz CT molecular complexity index is 801. The monoisotopic (exact) mass is 360 g/mol. The first kappa shape index (κ1) is 17.2. The minimum atomic E-state index is -3.51. The third-order valence-corrected chi connectivity index (χ3v) is 6.37. The van der Waals surface area contributed by atoms with Crippen LogP contribution in [0.3, 0.4) is 0 Å². The summed E-state index contributed by atoms with van der Waals surface area (Å²) in [5, 5.41) is 1.39. The first-order valence-electron chi connectivity index (χ1n) is 6.70. The lowest BCUT2D eigenvalue weighted by Gasteiger charge is -2.19. The summed E-state index contributed by atoms with van der Waals surface area (Å²) in [7, 11) is -3.51. The lowest BCUT2D eigenvalue weighted by molar-refractivity contribution is -0.154. The predicted molar refractivity (Wildman–Crippen MR) is 89.3 cm³/mol. The highest BCUT2D eigenvalue weighted by Gasteiger charge is 2.22. The molecule has 7 heteroatoms. The van der Waals surface area contributed by atoms with E-state index < -0.39 is 21.4 Å². The maximum atomic E-state index is 12.3. The average Bonchev–Trinajstić information content (AvgIpc) is 2.78. The van der Waals surface area contributed by atoms with Crippen LogP contribution in [0.4, 0.5) is 0 Å². The van der Waals surface area contributed by atoms with Gasteiger partial charge in [-0.25, -0.2) is 8.42 Å². The molecule has 0 N–H and O–H groups in total. The van der Waals surface area contributed by atoms with Crippen molar-refractivity contribution in [2.45, 2.75) is 37.0 Å². The summed E-state index contributed by atoms with van der Waals surface area (Å²) >= 11 is 7.06. The van der Waals surface area contributed by atoms with Crippen molar-refractivity contribution in [1.29, 1.82) is 0 Å². The van der Waals surface area contributed by atoms with Crippen LogP contribution in [0.2, 0.25) is 5.02 Å². The average molecular weight is 361 g/mol. The Hall–Kier alpha value is -1.11. The zero-order valence-electron chi connectivity index (χ0n) is 12.6. The van der Waals surface area contributed by atoms with Gasteiger partial charge in [0.25, 0.3) is 0 Å². The summed E-state index contributed by atoms with van der Waals surface area (Å²) in [5.74, 6) is -0.775. The van der Waals surface area contributed by atoms with Gasteiger partial charge in [-0.2, -0.15) is 0 Å². The molecular weight excluding hydrogens is 344 g/mol. The molecule has 22 heavy (non-hydrogen) atoms. The second kappa shape index (κ2) is 6.18. The van der Waals surface area contributed by atoms with Crippen molar-refractivity contribution < 1.29 is 17.9 Å². The van der Waals surface area contributed by atoms with Crippen molar-refractivity contribution >= 4 is 48.8 Å². The van der Waals surface area contributed by atoms with Crippen LogP contribution >= 0.6 is 22.9 Å². The fourth-order valence-corrected chi connectivity index (χ4v) is 4.89. The maximum absolute atomic E-state index is 12.3. The highest BCUT2D eigenvalue weighted by molar-refractivity contribution is 7.93. The topological polar surface area (TPSA) is 60.4 Å². The molecule has 0 radical (unpaired) electrons. The Labute approximate surface area is 139 Å². The van der Waals surface area contributed by atoms with Crippen LogP contribution in [0, 0.1) is 0 Å². The fourth-order valence-electron chi connectivity index (χ4n) is 1.84. The van der Waals surface area contributed by atoms with Crippen LogP contribution < -0.4 is 0 Å². The molecule has 2 rings (SSSR count). The Morgan fingerprint density at radius 3 is 2.59 bits per heavy atom.